The molecule has 5 rings (SSSR count). The lowest BCUT2D eigenvalue weighted by atomic mass is 10.1. The van der Waals surface area contributed by atoms with E-state index < -0.39 is 0 Å². The lowest BCUT2D eigenvalue weighted by Gasteiger charge is -1.95. The molecule has 0 aliphatic carbocycles. The minimum atomic E-state index is 0.890. The summed E-state index contributed by atoms with van der Waals surface area (Å²) in [5.41, 5.74) is 9.92. The topological polar surface area (TPSA) is 57.4 Å². The summed E-state index contributed by atoms with van der Waals surface area (Å²) in [4.78, 5) is 16.3. The first-order valence-corrected chi connectivity index (χ1v) is 8.88. The van der Waals surface area contributed by atoms with Gasteiger partial charge in [0.2, 0.25) is 0 Å². The Labute approximate surface area is 156 Å². The van der Waals surface area contributed by atoms with Gasteiger partial charge in [-0.25, -0.2) is 9.97 Å². The maximum absolute atomic E-state index is 4.82. The predicted molar refractivity (Wildman–Crippen MR) is 113 cm³/mol. The minimum Gasteiger partial charge on any atom is -0.355 e. The fourth-order valence-electron chi connectivity index (χ4n) is 3.48. The summed E-state index contributed by atoms with van der Waals surface area (Å²) in [6.45, 7) is 6.04. The van der Waals surface area contributed by atoms with Crippen molar-refractivity contribution in [3.05, 3.63) is 84.0 Å². The van der Waals surface area contributed by atoms with Crippen LogP contribution in [0.1, 0.15) is 29.7 Å². The van der Waals surface area contributed by atoms with Gasteiger partial charge in [0.1, 0.15) is 0 Å². The summed E-state index contributed by atoms with van der Waals surface area (Å²) in [5.74, 6) is 0. The first-order valence-electron chi connectivity index (χ1n) is 8.88. The molecule has 130 valence electrons. The first kappa shape index (κ1) is 15.6. The molecule has 2 aliphatic rings. The minimum absolute atomic E-state index is 0.890. The molecule has 5 heterocycles. The van der Waals surface area contributed by atoms with E-state index in [1.54, 1.807) is 0 Å². The summed E-state index contributed by atoms with van der Waals surface area (Å²) in [7, 11) is 0. The Morgan fingerprint density at radius 3 is 2.00 bits per heavy atom. The van der Waals surface area contributed by atoms with E-state index in [0.717, 1.165) is 56.0 Å². The molecule has 2 aliphatic heterocycles. The number of allylic oxidation sites excluding steroid dienone is 3. The SMILES string of the molecule is C=CC1=C(C)c2cc3ccc(cc4ccc(cc5nc(cc1n2)C=C5)[nH]4)[nH]3. The summed E-state index contributed by atoms with van der Waals surface area (Å²) in [6.07, 6.45) is 5.89. The lowest BCUT2D eigenvalue weighted by Crippen LogP contribution is -1.80. The van der Waals surface area contributed by atoms with Gasteiger partial charge >= 0.3 is 0 Å². The van der Waals surface area contributed by atoms with E-state index in [4.69, 9.17) is 9.97 Å². The number of H-pyrrole nitrogens is 2. The Hall–Kier alpha value is -3.66. The lowest BCUT2D eigenvalue weighted by molar-refractivity contribution is 1.27. The largest absolute Gasteiger partial charge is 0.355 e. The highest BCUT2D eigenvalue weighted by atomic mass is 14.8. The summed E-state index contributed by atoms with van der Waals surface area (Å²) in [5, 5.41) is 0. The molecule has 0 atom stereocenters. The van der Waals surface area contributed by atoms with E-state index in [1.165, 1.54) is 0 Å². The molecule has 3 aromatic heterocycles. The van der Waals surface area contributed by atoms with Crippen LogP contribution < -0.4 is 0 Å². The predicted octanol–water partition coefficient (Wildman–Crippen LogP) is 5.60. The number of rotatable bonds is 1. The van der Waals surface area contributed by atoms with Crippen molar-refractivity contribution in [1.29, 1.82) is 0 Å². The van der Waals surface area contributed by atoms with Crippen LogP contribution in [0.2, 0.25) is 0 Å². The fourth-order valence-corrected chi connectivity index (χ4v) is 3.48. The van der Waals surface area contributed by atoms with Gasteiger partial charge in [-0.3, -0.25) is 0 Å². The Kier molecular flexibility index (Phi) is 3.44. The summed E-state index contributed by atoms with van der Waals surface area (Å²) < 4.78 is 0. The van der Waals surface area contributed by atoms with E-state index in [2.05, 4.69) is 59.9 Å². The molecule has 0 aromatic carbocycles. The maximum Gasteiger partial charge on any atom is 0.0734 e. The van der Waals surface area contributed by atoms with Gasteiger partial charge < -0.3 is 9.97 Å². The highest BCUT2D eigenvalue weighted by Gasteiger charge is 2.14. The molecular weight excluding hydrogens is 332 g/mol. The van der Waals surface area contributed by atoms with Gasteiger partial charge in [-0.2, -0.15) is 0 Å². The van der Waals surface area contributed by atoms with Crippen molar-refractivity contribution in [3.63, 3.8) is 0 Å². The monoisotopic (exact) mass is 350 g/mol. The third-order valence-electron chi connectivity index (χ3n) is 4.85. The normalized spacial score (nSPS) is 13.2. The molecule has 0 unspecified atom stereocenters. The number of nitrogens with zero attached hydrogens (tertiary/aromatic N) is 2. The van der Waals surface area contributed by atoms with E-state index in [0.29, 0.717) is 0 Å². The summed E-state index contributed by atoms with van der Waals surface area (Å²) in [6, 6.07) is 16.5. The van der Waals surface area contributed by atoms with Crippen LogP contribution in [0.5, 0.6) is 0 Å². The first-order chi connectivity index (χ1) is 13.2. The van der Waals surface area contributed by atoms with Crippen LogP contribution >= 0.6 is 0 Å². The molecule has 2 N–H and O–H groups in total. The third kappa shape index (κ3) is 2.81. The Bertz CT molecular complexity index is 1300. The molecule has 3 aromatic rings. The van der Waals surface area contributed by atoms with Crippen LogP contribution in [-0.2, 0) is 0 Å². The third-order valence-corrected chi connectivity index (χ3v) is 4.85. The van der Waals surface area contributed by atoms with Crippen molar-refractivity contribution in [3.8, 4) is 0 Å². The average molecular weight is 350 g/mol. The van der Waals surface area contributed by atoms with Crippen LogP contribution in [-0.4, -0.2) is 19.9 Å². The van der Waals surface area contributed by atoms with Crippen LogP contribution in [0.4, 0.5) is 0 Å². The number of aromatic amines is 2. The second-order valence-electron chi connectivity index (χ2n) is 6.74. The van der Waals surface area contributed by atoms with Gasteiger partial charge in [0.05, 0.1) is 22.8 Å². The van der Waals surface area contributed by atoms with Gasteiger partial charge in [0.15, 0.2) is 0 Å². The number of hydrogen-bond acceptors (Lipinski definition) is 2. The molecule has 8 bridgehead atoms. The maximum atomic E-state index is 4.82. The zero-order valence-electron chi connectivity index (χ0n) is 15.0. The van der Waals surface area contributed by atoms with Crippen molar-refractivity contribution < 1.29 is 0 Å². The highest BCUT2D eigenvalue weighted by molar-refractivity contribution is 5.96. The van der Waals surface area contributed by atoms with Crippen molar-refractivity contribution in [2.75, 3.05) is 0 Å². The van der Waals surface area contributed by atoms with Gasteiger partial charge in [-0.05, 0) is 73.2 Å². The van der Waals surface area contributed by atoms with Crippen LogP contribution in [0.25, 0.3) is 45.4 Å². The zero-order chi connectivity index (χ0) is 18.4. The molecule has 0 fully saturated rings. The number of aromatic nitrogens is 4. The van der Waals surface area contributed by atoms with Crippen LogP contribution in [0, 0.1) is 0 Å². The molecule has 4 nitrogen and oxygen atoms in total. The molecule has 0 saturated heterocycles. The van der Waals surface area contributed by atoms with E-state index in [9.17, 15) is 0 Å². The Morgan fingerprint density at radius 1 is 0.741 bits per heavy atom. The van der Waals surface area contributed by atoms with Gasteiger partial charge in [0.25, 0.3) is 0 Å². The number of fused-ring (bicyclic) bond motifs is 8. The van der Waals surface area contributed by atoms with E-state index in [1.807, 2.05) is 30.4 Å². The second kappa shape index (κ2) is 5.95. The molecule has 27 heavy (non-hydrogen) atoms. The highest BCUT2D eigenvalue weighted by Crippen LogP contribution is 2.30. The van der Waals surface area contributed by atoms with Gasteiger partial charge in [-0.15, -0.1) is 0 Å². The van der Waals surface area contributed by atoms with E-state index >= 15 is 0 Å². The van der Waals surface area contributed by atoms with Crippen molar-refractivity contribution in [2.24, 2.45) is 0 Å². The van der Waals surface area contributed by atoms with Crippen LogP contribution in [0.3, 0.4) is 0 Å². The second-order valence-corrected chi connectivity index (χ2v) is 6.74. The molecular formula is C23H18N4. The average Bonchev–Trinajstić information content (AvgIpc) is 3.41. The van der Waals surface area contributed by atoms with Gasteiger partial charge in [-0.1, -0.05) is 12.7 Å². The molecule has 0 radical (unpaired) electrons. The Balaban J connectivity index is 1.88. The van der Waals surface area contributed by atoms with Crippen molar-refractivity contribution in [1.82, 2.24) is 19.9 Å². The molecule has 0 saturated carbocycles. The van der Waals surface area contributed by atoms with E-state index in [-0.39, 0.29) is 0 Å². The smallest absolute Gasteiger partial charge is 0.0734 e. The number of nitrogens with one attached hydrogen (secondary N) is 2. The standard InChI is InChI=1S/C23H18N4/c1-3-21-14(2)22-12-19-8-6-17(25-19)10-15-4-5-16(24-15)11-18-7-9-20(26-18)13-23(21)27-22/h3-13,24-25H,1H2,2H3. The Morgan fingerprint density at radius 2 is 1.33 bits per heavy atom. The van der Waals surface area contributed by atoms with Gasteiger partial charge in [0, 0.05) is 27.6 Å². The summed E-state index contributed by atoms with van der Waals surface area (Å²) >= 11 is 0. The quantitative estimate of drug-likeness (QED) is 0.469. The van der Waals surface area contributed by atoms with Crippen LogP contribution in [0.15, 0.2) is 61.2 Å². The molecule has 0 amide bonds. The fraction of sp³-hybridized carbons (Fsp3) is 0.0435. The zero-order valence-corrected chi connectivity index (χ0v) is 15.0. The number of hydrogen-bond donors (Lipinski definition) is 2. The van der Waals surface area contributed by atoms with Crippen molar-refractivity contribution in [2.45, 2.75) is 6.92 Å². The molecule has 4 heteroatoms. The van der Waals surface area contributed by atoms with Crippen molar-refractivity contribution >= 4 is 45.4 Å². The molecule has 0 spiro atoms.